The number of carbonyl (C=O) groups excluding carboxylic acids is 1. The number of ether oxygens (including phenoxy) is 1. The molecule has 1 fully saturated rings. The van der Waals surface area contributed by atoms with Crippen LogP contribution in [0.1, 0.15) is 58.0 Å². The summed E-state index contributed by atoms with van der Waals surface area (Å²) in [5, 5.41) is 0. The molecule has 0 bridgehead atoms. The molecule has 0 radical (unpaired) electrons. The third kappa shape index (κ3) is 4.00. The van der Waals surface area contributed by atoms with Gasteiger partial charge >= 0.3 is 0 Å². The van der Waals surface area contributed by atoms with E-state index < -0.39 is 6.10 Å². The molecule has 0 saturated carbocycles. The number of hydrogen-bond acceptors (Lipinski definition) is 3. The van der Waals surface area contributed by atoms with Gasteiger partial charge in [-0.05, 0) is 55.0 Å². The van der Waals surface area contributed by atoms with Gasteiger partial charge in [0.15, 0.2) is 6.10 Å². The number of nitrogens with one attached hydrogen (secondary N) is 1. The zero-order valence-electron chi connectivity index (χ0n) is 17.6. The van der Waals surface area contributed by atoms with Crippen molar-refractivity contribution in [1.82, 2.24) is 14.9 Å². The van der Waals surface area contributed by atoms with Crippen LogP contribution in [0.15, 0.2) is 48.5 Å². The smallest absolute Gasteiger partial charge is 0.263 e. The van der Waals surface area contributed by atoms with Crippen molar-refractivity contribution in [2.45, 2.75) is 58.1 Å². The first-order chi connectivity index (χ1) is 13.8. The average Bonchev–Trinajstić information content (AvgIpc) is 3.33. The molecule has 0 spiro atoms. The second kappa shape index (κ2) is 7.54. The number of carbonyl (C=O) groups is 1. The number of aromatic nitrogens is 2. The summed E-state index contributed by atoms with van der Waals surface area (Å²) in [6, 6.07) is 16.0. The molecule has 29 heavy (non-hydrogen) atoms. The van der Waals surface area contributed by atoms with Crippen molar-refractivity contribution in [2.24, 2.45) is 0 Å². The number of amides is 1. The van der Waals surface area contributed by atoms with Gasteiger partial charge in [0.1, 0.15) is 11.6 Å². The molecule has 1 aliphatic rings. The number of H-pyrrole nitrogens is 1. The van der Waals surface area contributed by atoms with Crippen molar-refractivity contribution >= 4 is 16.9 Å². The Morgan fingerprint density at radius 1 is 1.17 bits per heavy atom. The van der Waals surface area contributed by atoms with E-state index in [-0.39, 0.29) is 17.4 Å². The summed E-state index contributed by atoms with van der Waals surface area (Å²) in [6.45, 7) is 9.10. The highest BCUT2D eigenvalue weighted by molar-refractivity contribution is 5.82. The van der Waals surface area contributed by atoms with Gasteiger partial charge < -0.3 is 14.6 Å². The van der Waals surface area contributed by atoms with Gasteiger partial charge in [0.2, 0.25) is 0 Å². The maximum absolute atomic E-state index is 13.1. The number of fused-ring (bicyclic) bond motifs is 1. The van der Waals surface area contributed by atoms with Crippen LogP contribution in [-0.4, -0.2) is 33.4 Å². The Balaban J connectivity index is 1.47. The van der Waals surface area contributed by atoms with Gasteiger partial charge in [-0.15, -0.1) is 0 Å². The van der Waals surface area contributed by atoms with E-state index >= 15 is 0 Å². The number of aromatic amines is 1. The Kier molecular flexibility index (Phi) is 5.07. The molecule has 1 aliphatic heterocycles. The molecule has 5 nitrogen and oxygen atoms in total. The average molecular weight is 392 g/mol. The summed E-state index contributed by atoms with van der Waals surface area (Å²) in [5.41, 5.74) is 3.28. The molecule has 2 aromatic carbocycles. The van der Waals surface area contributed by atoms with E-state index in [1.165, 1.54) is 5.56 Å². The second-order valence-corrected chi connectivity index (χ2v) is 8.86. The van der Waals surface area contributed by atoms with Crippen LogP contribution in [0.3, 0.4) is 0 Å². The molecule has 2 heterocycles. The summed E-state index contributed by atoms with van der Waals surface area (Å²) >= 11 is 0. The molecular formula is C24H29N3O2. The molecule has 0 aliphatic carbocycles. The summed E-state index contributed by atoms with van der Waals surface area (Å²) in [7, 11) is 0. The van der Waals surface area contributed by atoms with Gasteiger partial charge in [0.05, 0.1) is 17.1 Å². The highest BCUT2D eigenvalue weighted by Crippen LogP contribution is 2.32. The zero-order chi connectivity index (χ0) is 20.6. The van der Waals surface area contributed by atoms with Crippen LogP contribution in [0.4, 0.5) is 0 Å². The van der Waals surface area contributed by atoms with E-state index in [0.717, 1.165) is 42.0 Å². The summed E-state index contributed by atoms with van der Waals surface area (Å²) in [6.07, 6.45) is 1.35. The molecule has 2 atom stereocenters. The number of hydrogen-bond donors (Lipinski definition) is 1. The maximum atomic E-state index is 13.1. The number of rotatable bonds is 4. The van der Waals surface area contributed by atoms with Crippen molar-refractivity contribution in [3.63, 3.8) is 0 Å². The van der Waals surface area contributed by atoms with Crippen LogP contribution in [0, 0.1) is 0 Å². The number of para-hydroxylation sites is 2. The van der Waals surface area contributed by atoms with Crippen LogP contribution >= 0.6 is 0 Å². The lowest BCUT2D eigenvalue weighted by Crippen LogP contribution is -2.40. The van der Waals surface area contributed by atoms with E-state index in [4.69, 9.17) is 9.72 Å². The highest BCUT2D eigenvalue weighted by atomic mass is 16.5. The molecular weight excluding hydrogens is 362 g/mol. The molecule has 1 N–H and O–H groups in total. The quantitative estimate of drug-likeness (QED) is 0.681. The Hall–Kier alpha value is -2.82. The largest absolute Gasteiger partial charge is 0.481 e. The van der Waals surface area contributed by atoms with E-state index in [1.54, 1.807) is 0 Å². The fourth-order valence-corrected chi connectivity index (χ4v) is 3.97. The predicted molar refractivity (Wildman–Crippen MR) is 115 cm³/mol. The lowest BCUT2D eigenvalue weighted by molar-refractivity contribution is -0.139. The van der Waals surface area contributed by atoms with Crippen LogP contribution in [0.5, 0.6) is 5.75 Å². The van der Waals surface area contributed by atoms with Crippen molar-refractivity contribution < 1.29 is 9.53 Å². The van der Waals surface area contributed by atoms with Crippen LogP contribution in [-0.2, 0) is 10.2 Å². The SMILES string of the molecule is CC(Oc1ccc(C(C)(C)C)cc1)C(=O)N1CCCC1c1nc2ccccc2[nH]1. The first-order valence-electron chi connectivity index (χ1n) is 10.4. The Morgan fingerprint density at radius 2 is 1.90 bits per heavy atom. The molecule has 1 saturated heterocycles. The van der Waals surface area contributed by atoms with Gasteiger partial charge in [0.25, 0.3) is 5.91 Å². The minimum Gasteiger partial charge on any atom is -0.481 e. The molecule has 152 valence electrons. The Bertz CT molecular complexity index is 968. The highest BCUT2D eigenvalue weighted by Gasteiger charge is 2.35. The fourth-order valence-electron chi connectivity index (χ4n) is 3.97. The van der Waals surface area contributed by atoms with Gasteiger partial charge in [-0.2, -0.15) is 0 Å². The minimum atomic E-state index is -0.541. The molecule has 4 rings (SSSR count). The number of benzene rings is 2. The van der Waals surface area contributed by atoms with E-state index in [9.17, 15) is 4.79 Å². The third-order valence-electron chi connectivity index (χ3n) is 5.64. The van der Waals surface area contributed by atoms with Gasteiger partial charge in [-0.3, -0.25) is 4.79 Å². The molecule has 1 aromatic heterocycles. The number of likely N-dealkylation sites (tertiary alicyclic amines) is 1. The lowest BCUT2D eigenvalue weighted by Gasteiger charge is -2.27. The number of imidazole rings is 1. The maximum Gasteiger partial charge on any atom is 0.263 e. The fraction of sp³-hybridized carbons (Fsp3) is 0.417. The van der Waals surface area contributed by atoms with Crippen molar-refractivity contribution in [3.05, 3.63) is 59.9 Å². The van der Waals surface area contributed by atoms with Crippen molar-refractivity contribution in [2.75, 3.05) is 6.54 Å². The van der Waals surface area contributed by atoms with Crippen LogP contribution < -0.4 is 4.74 Å². The monoisotopic (exact) mass is 391 g/mol. The topological polar surface area (TPSA) is 58.2 Å². The summed E-state index contributed by atoms with van der Waals surface area (Å²) in [4.78, 5) is 23.1. The second-order valence-electron chi connectivity index (χ2n) is 8.86. The minimum absolute atomic E-state index is 0.00727. The Labute approximate surface area is 172 Å². The zero-order valence-corrected chi connectivity index (χ0v) is 17.6. The number of nitrogens with zero attached hydrogens (tertiary/aromatic N) is 2. The van der Waals surface area contributed by atoms with Gasteiger partial charge in [-0.1, -0.05) is 45.0 Å². The summed E-state index contributed by atoms with van der Waals surface area (Å²) in [5.74, 6) is 1.59. The normalized spacial score (nSPS) is 18.2. The molecule has 2 unspecified atom stereocenters. The first-order valence-corrected chi connectivity index (χ1v) is 10.4. The predicted octanol–water partition coefficient (Wildman–Crippen LogP) is 4.99. The molecule has 5 heteroatoms. The van der Waals surface area contributed by atoms with Crippen molar-refractivity contribution in [1.29, 1.82) is 0 Å². The Morgan fingerprint density at radius 3 is 2.59 bits per heavy atom. The standard InChI is InChI=1S/C24H29N3O2/c1-16(29-18-13-11-17(12-14-18)24(2,3)4)23(28)27-15-7-10-21(27)22-25-19-8-5-6-9-20(19)26-22/h5-6,8-9,11-14,16,21H,7,10,15H2,1-4H3,(H,25,26). The third-order valence-corrected chi connectivity index (χ3v) is 5.64. The van der Waals surface area contributed by atoms with Crippen LogP contribution in [0.2, 0.25) is 0 Å². The van der Waals surface area contributed by atoms with Crippen molar-refractivity contribution in [3.8, 4) is 5.75 Å². The van der Waals surface area contributed by atoms with E-state index in [1.807, 2.05) is 48.2 Å². The summed E-state index contributed by atoms with van der Waals surface area (Å²) < 4.78 is 5.98. The van der Waals surface area contributed by atoms with Gasteiger partial charge in [-0.25, -0.2) is 4.98 Å². The van der Waals surface area contributed by atoms with Gasteiger partial charge in [0, 0.05) is 6.54 Å². The lowest BCUT2D eigenvalue weighted by atomic mass is 9.87. The molecule has 3 aromatic rings. The van der Waals surface area contributed by atoms with Crippen LogP contribution in [0.25, 0.3) is 11.0 Å². The van der Waals surface area contributed by atoms with E-state index in [2.05, 4.69) is 37.9 Å². The first kappa shape index (κ1) is 19.5. The molecule has 1 amide bonds. The van der Waals surface area contributed by atoms with E-state index in [0.29, 0.717) is 0 Å².